The van der Waals surface area contributed by atoms with Gasteiger partial charge in [-0.1, -0.05) is 0 Å². The molecule has 0 bridgehead atoms. The Morgan fingerprint density at radius 1 is 1.32 bits per heavy atom. The second-order valence-corrected chi connectivity index (χ2v) is 6.29. The van der Waals surface area contributed by atoms with Crippen molar-refractivity contribution in [3.8, 4) is 0 Å². The molecule has 0 atom stereocenters. The molecule has 0 aromatic carbocycles. The number of anilines is 1. The summed E-state index contributed by atoms with van der Waals surface area (Å²) in [5.41, 5.74) is 1.22. The molecule has 8 nitrogen and oxygen atoms in total. The van der Waals surface area contributed by atoms with Gasteiger partial charge in [0.25, 0.3) is 0 Å². The summed E-state index contributed by atoms with van der Waals surface area (Å²) in [7, 11) is 0. The molecule has 0 radical (unpaired) electrons. The third-order valence-electron chi connectivity index (χ3n) is 4.59. The highest BCUT2D eigenvalue weighted by Crippen LogP contribution is 2.29. The van der Waals surface area contributed by atoms with E-state index in [-0.39, 0.29) is 17.9 Å². The van der Waals surface area contributed by atoms with Crippen LogP contribution in [-0.2, 0) is 9.53 Å². The van der Waals surface area contributed by atoms with Crippen molar-refractivity contribution < 1.29 is 14.3 Å². The number of nitrogens with zero attached hydrogens (tertiary/aromatic N) is 3. The zero-order valence-electron chi connectivity index (χ0n) is 14.3. The summed E-state index contributed by atoms with van der Waals surface area (Å²) >= 11 is 0. The van der Waals surface area contributed by atoms with E-state index in [0.717, 1.165) is 25.7 Å². The smallest absolute Gasteiger partial charge is 0.319 e. The quantitative estimate of drug-likeness (QED) is 0.810. The number of hydrogen-bond donors (Lipinski definition) is 2. The number of rotatable bonds is 5. The van der Waals surface area contributed by atoms with Crippen molar-refractivity contribution in [3.05, 3.63) is 24.7 Å². The van der Waals surface area contributed by atoms with Crippen molar-refractivity contribution >= 4 is 23.3 Å². The van der Waals surface area contributed by atoms with Gasteiger partial charge in [-0.15, -0.1) is 10.2 Å². The first-order chi connectivity index (χ1) is 12.2. The lowest BCUT2D eigenvalue weighted by Crippen LogP contribution is -2.35. The SMILES string of the molecule is CCOC(=O)C1CCC(CNC(=O)Nc2cccn3cnnc23)CC1. The summed E-state index contributed by atoms with van der Waals surface area (Å²) in [5.74, 6) is 0.309. The second-order valence-electron chi connectivity index (χ2n) is 6.29. The molecule has 1 aliphatic carbocycles. The van der Waals surface area contributed by atoms with E-state index in [9.17, 15) is 9.59 Å². The monoisotopic (exact) mass is 345 g/mol. The molecule has 0 spiro atoms. The number of pyridine rings is 1. The Morgan fingerprint density at radius 3 is 2.88 bits per heavy atom. The van der Waals surface area contributed by atoms with Gasteiger partial charge in [-0.2, -0.15) is 0 Å². The average molecular weight is 345 g/mol. The van der Waals surface area contributed by atoms with Crippen LogP contribution >= 0.6 is 0 Å². The van der Waals surface area contributed by atoms with Gasteiger partial charge in [0.05, 0.1) is 18.2 Å². The van der Waals surface area contributed by atoms with Crippen LogP contribution in [0.2, 0.25) is 0 Å². The van der Waals surface area contributed by atoms with E-state index >= 15 is 0 Å². The van der Waals surface area contributed by atoms with E-state index in [1.807, 2.05) is 19.2 Å². The van der Waals surface area contributed by atoms with Crippen molar-refractivity contribution in [2.75, 3.05) is 18.5 Å². The van der Waals surface area contributed by atoms with Gasteiger partial charge < -0.3 is 15.4 Å². The normalized spacial score (nSPS) is 20.2. The van der Waals surface area contributed by atoms with Crippen LogP contribution in [0.15, 0.2) is 24.7 Å². The lowest BCUT2D eigenvalue weighted by molar-refractivity contribution is -0.149. The highest BCUT2D eigenvalue weighted by molar-refractivity contribution is 5.92. The van der Waals surface area contributed by atoms with Gasteiger partial charge in [0.2, 0.25) is 0 Å². The first-order valence-corrected chi connectivity index (χ1v) is 8.67. The predicted octanol–water partition coefficient (Wildman–Crippen LogP) is 2.22. The average Bonchev–Trinajstić information content (AvgIpc) is 3.10. The Labute approximate surface area is 146 Å². The Bertz CT molecular complexity index is 737. The fraction of sp³-hybridized carbons (Fsp3) is 0.529. The van der Waals surface area contributed by atoms with Gasteiger partial charge in [-0.25, -0.2) is 4.79 Å². The molecule has 3 rings (SSSR count). The maximum atomic E-state index is 12.1. The standard InChI is InChI=1S/C17H23N5O3/c1-2-25-16(23)13-7-5-12(6-8-13)10-18-17(24)20-14-4-3-9-22-11-19-21-15(14)22/h3-4,9,11-13H,2,5-8,10H2,1H3,(H2,18,20,24). The van der Waals surface area contributed by atoms with Crippen molar-refractivity contribution in [3.63, 3.8) is 0 Å². The van der Waals surface area contributed by atoms with Crippen LogP contribution < -0.4 is 10.6 Å². The molecule has 2 N–H and O–H groups in total. The molecule has 0 saturated heterocycles. The number of ether oxygens (including phenoxy) is 1. The number of esters is 1. The number of urea groups is 1. The first kappa shape index (κ1) is 17.2. The Kier molecular flexibility index (Phi) is 5.47. The van der Waals surface area contributed by atoms with Gasteiger partial charge in [-0.3, -0.25) is 9.20 Å². The first-order valence-electron chi connectivity index (χ1n) is 8.67. The maximum absolute atomic E-state index is 12.1. The zero-order valence-corrected chi connectivity index (χ0v) is 14.3. The summed E-state index contributed by atoms with van der Waals surface area (Å²) in [4.78, 5) is 23.9. The fourth-order valence-electron chi connectivity index (χ4n) is 3.21. The number of fused-ring (bicyclic) bond motifs is 1. The molecule has 2 aromatic rings. The number of amides is 2. The molecule has 1 saturated carbocycles. The molecule has 0 unspecified atom stereocenters. The van der Waals surface area contributed by atoms with E-state index in [1.165, 1.54) is 0 Å². The molecule has 25 heavy (non-hydrogen) atoms. The van der Waals surface area contributed by atoms with Crippen molar-refractivity contribution in [2.24, 2.45) is 11.8 Å². The summed E-state index contributed by atoms with van der Waals surface area (Å²) in [6.45, 7) is 2.85. The molecule has 134 valence electrons. The number of carbonyl (C=O) groups excluding carboxylic acids is 2. The number of carbonyl (C=O) groups is 2. The zero-order chi connectivity index (χ0) is 17.6. The lowest BCUT2D eigenvalue weighted by Gasteiger charge is -2.27. The predicted molar refractivity (Wildman–Crippen MR) is 92.1 cm³/mol. The molecule has 8 heteroatoms. The van der Waals surface area contributed by atoms with Gasteiger partial charge in [0.15, 0.2) is 5.65 Å². The molecule has 1 aliphatic rings. The van der Waals surface area contributed by atoms with Gasteiger partial charge in [-0.05, 0) is 50.7 Å². The number of nitrogens with one attached hydrogen (secondary N) is 2. The van der Waals surface area contributed by atoms with Crippen molar-refractivity contribution in [1.29, 1.82) is 0 Å². The highest BCUT2D eigenvalue weighted by Gasteiger charge is 2.27. The Hall–Kier alpha value is -2.64. The van der Waals surface area contributed by atoms with E-state index in [2.05, 4.69) is 20.8 Å². The minimum atomic E-state index is -0.261. The van der Waals surface area contributed by atoms with Crippen LogP contribution in [0.1, 0.15) is 32.6 Å². The topological polar surface area (TPSA) is 97.6 Å². The minimum Gasteiger partial charge on any atom is -0.466 e. The number of aromatic nitrogens is 3. The van der Waals surface area contributed by atoms with Crippen LogP contribution in [-0.4, -0.2) is 39.8 Å². The van der Waals surface area contributed by atoms with E-state index in [4.69, 9.17) is 4.74 Å². The molecular weight excluding hydrogens is 322 g/mol. The van der Waals surface area contributed by atoms with Crippen LogP contribution in [0.25, 0.3) is 5.65 Å². The third kappa shape index (κ3) is 4.26. The van der Waals surface area contributed by atoms with Crippen molar-refractivity contribution in [1.82, 2.24) is 19.9 Å². The molecule has 0 aliphatic heterocycles. The van der Waals surface area contributed by atoms with Crippen LogP contribution in [0.4, 0.5) is 10.5 Å². The largest absolute Gasteiger partial charge is 0.466 e. The highest BCUT2D eigenvalue weighted by atomic mass is 16.5. The summed E-state index contributed by atoms with van der Waals surface area (Å²) < 4.78 is 6.82. The second kappa shape index (κ2) is 7.96. The van der Waals surface area contributed by atoms with E-state index in [0.29, 0.717) is 30.4 Å². The number of hydrogen-bond acceptors (Lipinski definition) is 5. The summed E-state index contributed by atoms with van der Waals surface area (Å²) in [6, 6.07) is 3.35. The Morgan fingerprint density at radius 2 is 2.12 bits per heavy atom. The van der Waals surface area contributed by atoms with Crippen LogP contribution in [0.5, 0.6) is 0 Å². The summed E-state index contributed by atoms with van der Waals surface area (Å²) in [5, 5.41) is 13.5. The molecule has 2 amide bonds. The van der Waals surface area contributed by atoms with Crippen LogP contribution in [0.3, 0.4) is 0 Å². The van der Waals surface area contributed by atoms with E-state index in [1.54, 1.807) is 16.8 Å². The van der Waals surface area contributed by atoms with E-state index < -0.39 is 0 Å². The lowest BCUT2D eigenvalue weighted by atomic mass is 9.82. The summed E-state index contributed by atoms with van der Waals surface area (Å²) in [6.07, 6.45) is 6.89. The molecule has 2 aromatic heterocycles. The fourth-order valence-corrected chi connectivity index (χ4v) is 3.21. The third-order valence-corrected chi connectivity index (χ3v) is 4.59. The van der Waals surface area contributed by atoms with Crippen LogP contribution in [0, 0.1) is 11.8 Å². The van der Waals surface area contributed by atoms with Crippen molar-refractivity contribution in [2.45, 2.75) is 32.6 Å². The van der Waals surface area contributed by atoms with Gasteiger partial charge >= 0.3 is 12.0 Å². The maximum Gasteiger partial charge on any atom is 0.319 e. The van der Waals surface area contributed by atoms with Gasteiger partial charge in [0, 0.05) is 12.7 Å². The minimum absolute atomic E-state index is 0.00979. The van der Waals surface area contributed by atoms with Gasteiger partial charge in [0.1, 0.15) is 6.33 Å². The molecule has 1 fully saturated rings. The Balaban J connectivity index is 1.44. The molecular formula is C17H23N5O3. The molecule has 2 heterocycles.